The summed E-state index contributed by atoms with van der Waals surface area (Å²) in [6.07, 6.45) is 0. The first-order valence-corrected chi connectivity index (χ1v) is 6.75. The van der Waals surface area contributed by atoms with Gasteiger partial charge in [-0.15, -0.1) is 11.3 Å². The van der Waals surface area contributed by atoms with Crippen molar-refractivity contribution in [3.05, 3.63) is 59.5 Å². The van der Waals surface area contributed by atoms with Crippen LogP contribution in [0.5, 0.6) is 0 Å². The first kappa shape index (κ1) is 11.7. The largest absolute Gasteiger partial charge is 0.399 e. The van der Waals surface area contributed by atoms with Gasteiger partial charge in [0.2, 0.25) is 0 Å². The third-order valence-electron chi connectivity index (χ3n) is 2.88. The fraction of sp³-hybridized carbons (Fsp3) is 0. The maximum atomic E-state index is 12.1. The minimum Gasteiger partial charge on any atom is -0.399 e. The Balaban J connectivity index is 1.91. The Morgan fingerprint density at radius 3 is 2.79 bits per heavy atom. The molecule has 1 amide bonds. The summed E-state index contributed by atoms with van der Waals surface area (Å²) in [4.78, 5) is 12.1. The Bertz CT molecular complexity index is 748. The Labute approximate surface area is 114 Å². The van der Waals surface area contributed by atoms with E-state index in [0.29, 0.717) is 11.3 Å². The number of carbonyl (C=O) groups is 1. The number of nitrogen functional groups attached to an aromatic ring is 1. The summed E-state index contributed by atoms with van der Waals surface area (Å²) in [6, 6.07) is 14.9. The zero-order chi connectivity index (χ0) is 13.2. The molecular weight excluding hydrogens is 256 g/mol. The van der Waals surface area contributed by atoms with Gasteiger partial charge in [-0.1, -0.05) is 24.3 Å². The summed E-state index contributed by atoms with van der Waals surface area (Å²) >= 11 is 1.61. The summed E-state index contributed by atoms with van der Waals surface area (Å²) in [7, 11) is 0. The van der Waals surface area contributed by atoms with Crippen LogP contribution in [-0.2, 0) is 0 Å². The lowest BCUT2D eigenvalue weighted by atomic mass is 10.2. The molecule has 1 heterocycles. The third kappa shape index (κ3) is 2.30. The first-order valence-electron chi connectivity index (χ1n) is 5.87. The highest BCUT2D eigenvalue weighted by Crippen LogP contribution is 2.30. The lowest BCUT2D eigenvalue weighted by Gasteiger charge is -2.04. The van der Waals surface area contributed by atoms with E-state index in [2.05, 4.69) is 5.32 Å². The van der Waals surface area contributed by atoms with Crippen LogP contribution in [0.15, 0.2) is 53.9 Å². The molecule has 4 heteroatoms. The van der Waals surface area contributed by atoms with Crippen LogP contribution in [-0.4, -0.2) is 5.91 Å². The molecule has 0 saturated carbocycles. The van der Waals surface area contributed by atoms with Crippen molar-refractivity contribution in [2.24, 2.45) is 0 Å². The molecule has 3 nitrogen and oxygen atoms in total. The van der Waals surface area contributed by atoms with Crippen molar-refractivity contribution in [1.29, 1.82) is 0 Å². The molecule has 1 aromatic heterocycles. The van der Waals surface area contributed by atoms with Crippen LogP contribution in [0.25, 0.3) is 10.1 Å². The molecule has 19 heavy (non-hydrogen) atoms. The van der Waals surface area contributed by atoms with Crippen molar-refractivity contribution in [3.63, 3.8) is 0 Å². The van der Waals surface area contributed by atoms with Crippen molar-refractivity contribution >= 4 is 38.7 Å². The fourth-order valence-corrected chi connectivity index (χ4v) is 2.84. The molecule has 0 aliphatic rings. The van der Waals surface area contributed by atoms with Gasteiger partial charge in [0.05, 0.1) is 5.69 Å². The predicted octanol–water partition coefficient (Wildman–Crippen LogP) is 3.74. The van der Waals surface area contributed by atoms with Crippen LogP contribution in [0.3, 0.4) is 0 Å². The Hall–Kier alpha value is -2.33. The molecule has 0 spiro atoms. The zero-order valence-electron chi connectivity index (χ0n) is 10.1. The van der Waals surface area contributed by atoms with E-state index in [1.807, 2.05) is 29.6 Å². The monoisotopic (exact) mass is 268 g/mol. The zero-order valence-corrected chi connectivity index (χ0v) is 10.9. The quantitative estimate of drug-likeness (QED) is 0.696. The molecule has 0 saturated heterocycles. The Kier molecular flexibility index (Phi) is 2.93. The minimum absolute atomic E-state index is 0.143. The van der Waals surface area contributed by atoms with E-state index in [-0.39, 0.29) is 5.91 Å². The summed E-state index contributed by atoms with van der Waals surface area (Å²) in [5.41, 5.74) is 7.67. The lowest BCUT2D eigenvalue weighted by Crippen LogP contribution is -2.11. The Morgan fingerprint density at radius 2 is 1.95 bits per heavy atom. The second-order valence-electron chi connectivity index (χ2n) is 4.23. The van der Waals surface area contributed by atoms with Crippen LogP contribution in [0, 0.1) is 0 Å². The van der Waals surface area contributed by atoms with Gasteiger partial charge >= 0.3 is 0 Å². The van der Waals surface area contributed by atoms with Crippen LogP contribution in [0.2, 0.25) is 0 Å². The van der Waals surface area contributed by atoms with Crippen molar-refractivity contribution in [1.82, 2.24) is 0 Å². The number of nitrogens with one attached hydrogen (secondary N) is 1. The standard InChI is InChI=1S/C15H12N2OS/c16-11-5-3-4-10(8-11)15(18)17-13-9-19-14-7-2-1-6-12(13)14/h1-9H,16H2,(H,17,18). The number of benzene rings is 2. The number of amides is 1. The highest BCUT2D eigenvalue weighted by Gasteiger charge is 2.09. The molecular formula is C15H12N2OS. The Morgan fingerprint density at radius 1 is 1.11 bits per heavy atom. The highest BCUT2D eigenvalue weighted by molar-refractivity contribution is 7.17. The molecule has 2 aromatic carbocycles. The number of rotatable bonds is 2. The molecule has 0 bridgehead atoms. The first-order chi connectivity index (χ1) is 9.24. The smallest absolute Gasteiger partial charge is 0.255 e. The normalized spacial score (nSPS) is 10.5. The number of thiophene rings is 1. The summed E-state index contributed by atoms with van der Waals surface area (Å²) in [5, 5.41) is 5.94. The van der Waals surface area contributed by atoms with E-state index in [1.54, 1.807) is 35.6 Å². The van der Waals surface area contributed by atoms with Gasteiger partial charge in [-0.2, -0.15) is 0 Å². The number of fused-ring (bicyclic) bond motifs is 1. The topological polar surface area (TPSA) is 55.1 Å². The second-order valence-corrected chi connectivity index (χ2v) is 5.14. The van der Waals surface area contributed by atoms with Gasteiger partial charge in [-0.05, 0) is 24.3 Å². The average Bonchev–Trinajstić information content (AvgIpc) is 2.82. The van der Waals surface area contributed by atoms with E-state index < -0.39 is 0 Å². The summed E-state index contributed by atoms with van der Waals surface area (Å²) in [5.74, 6) is -0.143. The lowest BCUT2D eigenvalue weighted by molar-refractivity contribution is 0.102. The van der Waals surface area contributed by atoms with Crippen molar-refractivity contribution in [3.8, 4) is 0 Å². The molecule has 0 aliphatic carbocycles. The van der Waals surface area contributed by atoms with Crippen LogP contribution in [0.4, 0.5) is 11.4 Å². The number of hydrogen-bond acceptors (Lipinski definition) is 3. The molecule has 3 rings (SSSR count). The molecule has 3 aromatic rings. The summed E-state index contributed by atoms with van der Waals surface area (Å²) in [6.45, 7) is 0. The summed E-state index contributed by atoms with van der Waals surface area (Å²) < 4.78 is 1.16. The van der Waals surface area contributed by atoms with E-state index in [0.717, 1.165) is 15.8 Å². The van der Waals surface area contributed by atoms with E-state index >= 15 is 0 Å². The predicted molar refractivity (Wildman–Crippen MR) is 80.6 cm³/mol. The molecule has 0 atom stereocenters. The van der Waals surface area contributed by atoms with Gasteiger partial charge in [-0.25, -0.2) is 0 Å². The van der Waals surface area contributed by atoms with Crippen LogP contribution in [0.1, 0.15) is 10.4 Å². The second kappa shape index (κ2) is 4.74. The average molecular weight is 268 g/mol. The van der Waals surface area contributed by atoms with Gasteiger partial charge in [0.15, 0.2) is 0 Å². The van der Waals surface area contributed by atoms with E-state index in [4.69, 9.17) is 5.73 Å². The van der Waals surface area contributed by atoms with Crippen molar-refractivity contribution in [2.45, 2.75) is 0 Å². The van der Waals surface area contributed by atoms with Gasteiger partial charge in [0.25, 0.3) is 5.91 Å². The van der Waals surface area contributed by atoms with Crippen LogP contribution < -0.4 is 11.1 Å². The maximum absolute atomic E-state index is 12.1. The van der Waals surface area contributed by atoms with Crippen molar-refractivity contribution < 1.29 is 4.79 Å². The third-order valence-corrected chi connectivity index (χ3v) is 3.84. The molecule has 0 radical (unpaired) electrons. The maximum Gasteiger partial charge on any atom is 0.255 e. The fourth-order valence-electron chi connectivity index (χ4n) is 1.95. The van der Waals surface area contributed by atoms with E-state index in [9.17, 15) is 4.79 Å². The number of carbonyl (C=O) groups excluding carboxylic acids is 1. The van der Waals surface area contributed by atoms with Gasteiger partial charge in [-0.3, -0.25) is 4.79 Å². The molecule has 0 aliphatic heterocycles. The molecule has 94 valence electrons. The number of nitrogens with two attached hydrogens (primary N) is 1. The molecule has 0 fully saturated rings. The molecule has 0 unspecified atom stereocenters. The van der Waals surface area contributed by atoms with Gasteiger partial charge in [0.1, 0.15) is 0 Å². The number of hydrogen-bond donors (Lipinski definition) is 2. The van der Waals surface area contributed by atoms with Gasteiger partial charge in [0, 0.05) is 26.7 Å². The van der Waals surface area contributed by atoms with Crippen LogP contribution >= 0.6 is 11.3 Å². The van der Waals surface area contributed by atoms with E-state index in [1.165, 1.54) is 0 Å². The minimum atomic E-state index is -0.143. The van der Waals surface area contributed by atoms with Crippen molar-refractivity contribution in [2.75, 3.05) is 11.1 Å². The molecule has 3 N–H and O–H groups in total. The highest BCUT2D eigenvalue weighted by atomic mass is 32.1. The number of anilines is 2. The SMILES string of the molecule is Nc1cccc(C(=O)Nc2csc3ccccc23)c1. The van der Waals surface area contributed by atoms with Gasteiger partial charge < -0.3 is 11.1 Å².